The Morgan fingerprint density at radius 3 is 2.38 bits per heavy atom. The van der Waals surface area contributed by atoms with E-state index < -0.39 is 5.82 Å². The van der Waals surface area contributed by atoms with E-state index in [9.17, 15) is 4.79 Å². The molecule has 0 radical (unpaired) electrons. The molecule has 2 saturated heterocycles. The monoisotopic (exact) mass is 643 g/mol. The maximum absolute atomic E-state index is 15.3. The van der Waals surface area contributed by atoms with Crippen LogP contribution in [0, 0.1) is 5.82 Å². The lowest BCUT2D eigenvalue weighted by atomic mass is 10.1. The summed E-state index contributed by atoms with van der Waals surface area (Å²) in [5.74, 6) is 1.89. The number of hydrogen-bond donors (Lipinski definition) is 1. The van der Waals surface area contributed by atoms with E-state index in [0.29, 0.717) is 66.2 Å². The molecule has 0 aliphatic carbocycles. The van der Waals surface area contributed by atoms with Crippen molar-refractivity contribution in [3.63, 3.8) is 0 Å². The first-order valence-corrected chi connectivity index (χ1v) is 15.7. The predicted octanol–water partition coefficient (Wildman–Crippen LogP) is 5.48. The summed E-state index contributed by atoms with van der Waals surface area (Å²) in [6, 6.07) is 11.8. The quantitative estimate of drug-likeness (QED) is 0.166. The van der Waals surface area contributed by atoms with Gasteiger partial charge in [0.2, 0.25) is 5.91 Å². The highest BCUT2D eigenvalue weighted by atomic mass is 19.1. The smallest absolute Gasteiger partial charge is 0.245 e. The third-order valence-electron chi connectivity index (χ3n) is 8.43. The van der Waals surface area contributed by atoms with Crippen molar-refractivity contribution in [2.75, 3.05) is 51.3 Å². The number of amidine groups is 1. The van der Waals surface area contributed by atoms with Gasteiger partial charge < -0.3 is 29.7 Å². The summed E-state index contributed by atoms with van der Waals surface area (Å²) in [6.07, 6.45) is 4.14. The lowest BCUT2D eigenvalue weighted by Crippen LogP contribution is -2.49. The average Bonchev–Trinajstić information content (AvgIpc) is 3.09. The maximum Gasteiger partial charge on any atom is 0.245 e. The van der Waals surface area contributed by atoms with Crippen molar-refractivity contribution in [2.45, 2.75) is 38.8 Å². The minimum atomic E-state index is -0.608. The van der Waals surface area contributed by atoms with Crippen LogP contribution in [-0.4, -0.2) is 91.8 Å². The van der Waals surface area contributed by atoms with E-state index in [4.69, 9.17) is 19.9 Å². The van der Waals surface area contributed by atoms with E-state index in [1.165, 1.54) is 25.3 Å². The van der Waals surface area contributed by atoms with Gasteiger partial charge >= 0.3 is 0 Å². The molecule has 2 aliphatic rings. The molecule has 11 nitrogen and oxygen atoms in total. The second kappa shape index (κ2) is 15.1. The van der Waals surface area contributed by atoms with Crippen molar-refractivity contribution < 1.29 is 23.4 Å². The van der Waals surface area contributed by atoms with Gasteiger partial charge in [-0.25, -0.2) is 14.4 Å². The Bertz CT molecular complexity index is 1630. The second-order valence-electron chi connectivity index (χ2n) is 11.7. The number of carbonyl (C=O) groups excluding carboxylic acids is 1. The van der Waals surface area contributed by atoms with Crippen molar-refractivity contribution in [2.24, 2.45) is 15.7 Å². The van der Waals surface area contributed by atoms with Gasteiger partial charge in [-0.15, -0.1) is 0 Å². The van der Waals surface area contributed by atoms with E-state index in [1.807, 2.05) is 6.07 Å². The van der Waals surface area contributed by atoms with Crippen LogP contribution in [-0.2, 0) is 4.79 Å². The van der Waals surface area contributed by atoms with Crippen LogP contribution in [0.5, 0.6) is 23.0 Å². The van der Waals surface area contributed by atoms with Crippen LogP contribution in [0.1, 0.15) is 32.3 Å². The van der Waals surface area contributed by atoms with Crippen LogP contribution in [0.15, 0.2) is 71.3 Å². The number of nitrogens with zero attached hydrogens (tertiary/aromatic N) is 6. The second-order valence-corrected chi connectivity index (χ2v) is 11.7. The number of halogens is 1. The number of hydrogen-bond acceptors (Lipinski definition) is 9. The molecule has 3 aromatic rings. The first kappa shape index (κ1) is 33.4. The van der Waals surface area contributed by atoms with Crippen molar-refractivity contribution >= 4 is 35.7 Å². The molecule has 2 aliphatic heterocycles. The fourth-order valence-electron chi connectivity index (χ4n) is 5.71. The number of aliphatic imine (C=N–C) groups is 2. The van der Waals surface area contributed by atoms with Gasteiger partial charge in [-0.1, -0.05) is 6.58 Å². The Labute approximate surface area is 275 Å². The molecule has 3 heterocycles. The minimum absolute atomic E-state index is 0.0233. The molecule has 5 rings (SSSR count). The normalized spacial score (nSPS) is 16.2. The van der Waals surface area contributed by atoms with Crippen LogP contribution < -0.4 is 24.8 Å². The molecule has 1 aromatic heterocycles. The molecule has 2 fully saturated rings. The number of amides is 1. The average molecular weight is 644 g/mol. The van der Waals surface area contributed by atoms with Crippen molar-refractivity contribution in [3.8, 4) is 23.0 Å². The number of pyridine rings is 1. The first-order valence-electron chi connectivity index (χ1n) is 15.7. The van der Waals surface area contributed by atoms with Crippen molar-refractivity contribution in [3.05, 3.63) is 72.7 Å². The van der Waals surface area contributed by atoms with Crippen LogP contribution in [0.4, 0.5) is 21.6 Å². The number of ether oxygens (including phenoxy) is 3. The van der Waals surface area contributed by atoms with Gasteiger partial charge in [-0.2, -0.15) is 0 Å². The molecule has 0 spiro atoms. The third kappa shape index (κ3) is 8.07. The molecule has 248 valence electrons. The number of likely N-dealkylation sites (tertiary alicyclic amines) is 1. The number of aromatic nitrogens is 1. The number of piperazine rings is 1. The number of anilines is 1. The van der Waals surface area contributed by atoms with Crippen LogP contribution >= 0.6 is 0 Å². The van der Waals surface area contributed by atoms with Crippen molar-refractivity contribution in [1.29, 1.82) is 0 Å². The molecule has 0 saturated carbocycles. The molecule has 12 heteroatoms. The highest BCUT2D eigenvalue weighted by Gasteiger charge is 2.25. The van der Waals surface area contributed by atoms with Gasteiger partial charge in [0.15, 0.2) is 17.3 Å². The zero-order chi connectivity index (χ0) is 33.5. The highest BCUT2D eigenvalue weighted by molar-refractivity contribution is 6.04. The fourth-order valence-corrected chi connectivity index (χ4v) is 5.71. The summed E-state index contributed by atoms with van der Waals surface area (Å²) in [5, 5.41) is 0. The van der Waals surface area contributed by atoms with Crippen LogP contribution in [0.2, 0.25) is 0 Å². The topological polar surface area (TPSA) is 118 Å². The number of nitrogens with two attached hydrogens (primary N) is 1. The molecule has 1 amide bonds. The van der Waals surface area contributed by atoms with Gasteiger partial charge in [0.1, 0.15) is 34.9 Å². The summed E-state index contributed by atoms with van der Waals surface area (Å²) >= 11 is 0. The van der Waals surface area contributed by atoms with Gasteiger partial charge in [0, 0.05) is 88.1 Å². The lowest BCUT2D eigenvalue weighted by Gasteiger charge is -2.37. The lowest BCUT2D eigenvalue weighted by molar-refractivity contribution is -0.127. The first-order chi connectivity index (χ1) is 22.7. The molecule has 0 atom stereocenters. The molecule has 47 heavy (non-hydrogen) atoms. The van der Waals surface area contributed by atoms with Crippen molar-refractivity contribution in [1.82, 2.24) is 14.8 Å². The van der Waals surface area contributed by atoms with E-state index in [-0.39, 0.29) is 23.5 Å². The van der Waals surface area contributed by atoms with E-state index in [0.717, 1.165) is 32.0 Å². The van der Waals surface area contributed by atoms with Gasteiger partial charge in [0.05, 0.1) is 12.8 Å². The Kier molecular flexibility index (Phi) is 10.7. The molecule has 0 bridgehead atoms. The number of rotatable bonds is 11. The number of piperidine rings is 1. The van der Waals surface area contributed by atoms with Gasteiger partial charge in [-0.3, -0.25) is 14.7 Å². The minimum Gasteiger partial charge on any atom is -0.493 e. The highest BCUT2D eigenvalue weighted by Crippen LogP contribution is 2.37. The molecular formula is C35H42FN7O4. The number of carbonyl (C=O) groups is 1. The van der Waals surface area contributed by atoms with E-state index >= 15 is 4.39 Å². The summed E-state index contributed by atoms with van der Waals surface area (Å²) < 4.78 is 33.1. The predicted molar refractivity (Wildman–Crippen MR) is 183 cm³/mol. The van der Waals surface area contributed by atoms with E-state index in [2.05, 4.69) is 51.9 Å². The summed E-state index contributed by atoms with van der Waals surface area (Å²) in [4.78, 5) is 31.3. The standard InChI is InChI=1S/C35H42FN7O4/c1-6-34(44)43-13-10-24(11-14-43)47-32-21-27(30(38-4)22-31(32)45-5)35(37)40-29-8-7-25(19-28(29)36)46-26-9-12-39-33(20-26)42-17-15-41(16-18-42)23(2)3/h6-9,12,19-24H,1,4,10-11,13-18H2,2-3,5H3,(H2,37,40). The largest absolute Gasteiger partial charge is 0.493 e. The Morgan fingerprint density at radius 2 is 1.74 bits per heavy atom. The Morgan fingerprint density at radius 1 is 1.02 bits per heavy atom. The van der Waals surface area contributed by atoms with E-state index in [1.54, 1.807) is 35.4 Å². The summed E-state index contributed by atoms with van der Waals surface area (Å²) in [5.41, 5.74) is 7.25. The summed E-state index contributed by atoms with van der Waals surface area (Å²) in [7, 11) is 1.53. The number of benzene rings is 2. The summed E-state index contributed by atoms with van der Waals surface area (Å²) in [6.45, 7) is 16.4. The third-order valence-corrected chi connectivity index (χ3v) is 8.43. The van der Waals surface area contributed by atoms with Gasteiger partial charge in [0.25, 0.3) is 0 Å². The molecule has 2 N–H and O–H groups in total. The zero-order valence-electron chi connectivity index (χ0n) is 27.2. The Hall–Kier alpha value is -4.97. The molecular weight excluding hydrogens is 601 g/mol. The molecule has 0 unspecified atom stereocenters. The molecule has 2 aromatic carbocycles. The maximum atomic E-state index is 15.3. The van der Waals surface area contributed by atoms with Gasteiger partial charge in [-0.05, 0) is 50.9 Å². The van der Waals surface area contributed by atoms with Crippen LogP contribution in [0.25, 0.3) is 0 Å². The SMILES string of the molecule is C=CC(=O)N1CCC(Oc2cc(C(N)=Nc3ccc(Oc4ccnc(N5CCN(C(C)C)CC5)c4)cc3F)c(N=C)cc2OC)CC1. The number of methoxy groups -OCH3 is 1. The van der Waals surface area contributed by atoms with Crippen LogP contribution in [0.3, 0.4) is 0 Å². The Balaban J connectivity index is 1.30. The fraction of sp³-hybridized carbons (Fsp3) is 0.371. The zero-order valence-corrected chi connectivity index (χ0v) is 27.2.